The Morgan fingerprint density at radius 3 is 2.65 bits per heavy atom. The number of benzene rings is 1. The average Bonchev–Trinajstić information content (AvgIpc) is 2.80. The van der Waals surface area contributed by atoms with Gasteiger partial charge in [-0.05, 0) is 36.7 Å². The summed E-state index contributed by atoms with van der Waals surface area (Å²) in [7, 11) is 1.52. The molecule has 0 fully saturated rings. The molecule has 4 nitrogen and oxygen atoms in total. The molecule has 0 spiro atoms. The maximum absolute atomic E-state index is 13.8. The van der Waals surface area contributed by atoms with Crippen molar-refractivity contribution in [3.05, 3.63) is 46.7 Å². The number of aryl methyl sites for hydroxylation is 1. The number of rotatable bonds is 3. The van der Waals surface area contributed by atoms with Crippen molar-refractivity contribution < 1.29 is 13.5 Å². The molecule has 0 N–H and O–H groups in total. The van der Waals surface area contributed by atoms with Gasteiger partial charge in [-0.1, -0.05) is 23.7 Å². The van der Waals surface area contributed by atoms with E-state index in [0.717, 1.165) is 4.52 Å². The zero-order valence-corrected chi connectivity index (χ0v) is 13.7. The molecule has 1 aromatic carbocycles. The van der Waals surface area contributed by atoms with Gasteiger partial charge in [0.05, 0.1) is 18.5 Å². The van der Waals surface area contributed by atoms with E-state index in [4.69, 9.17) is 27.9 Å². The van der Waals surface area contributed by atoms with Crippen LogP contribution in [0.5, 0.6) is 5.75 Å². The van der Waals surface area contributed by atoms with Crippen LogP contribution in [-0.4, -0.2) is 21.7 Å². The highest BCUT2D eigenvalue weighted by molar-refractivity contribution is 6.34. The van der Waals surface area contributed by atoms with Gasteiger partial charge in [-0.2, -0.15) is 13.9 Å². The maximum Gasteiger partial charge on any atom is 0.364 e. The lowest BCUT2D eigenvalue weighted by atomic mass is 10.1. The van der Waals surface area contributed by atoms with E-state index in [1.165, 1.54) is 13.2 Å². The van der Waals surface area contributed by atoms with Gasteiger partial charge in [-0.3, -0.25) is 0 Å². The Bertz CT molecular complexity index is 890. The molecule has 0 aliphatic heterocycles. The molecule has 23 heavy (non-hydrogen) atoms. The summed E-state index contributed by atoms with van der Waals surface area (Å²) in [6.07, 6.45) is 0. The van der Waals surface area contributed by atoms with Crippen LogP contribution in [0.2, 0.25) is 5.02 Å². The lowest BCUT2D eigenvalue weighted by Gasteiger charge is -2.12. The van der Waals surface area contributed by atoms with Crippen LogP contribution in [0.4, 0.5) is 8.78 Å². The summed E-state index contributed by atoms with van der Waals surface area (Å²) in [6.45, 7) is 1.61. The Labute approximate surface area is 140 Å². The van der Waals surface area contributed by atoms with Gasteiger partial charge in [0.15, 0.2) is 5.65 Å². The van der Waals surface area contributed by atoms with Gasteiger partial charge in [0.25, 0.3) is 0 Å². The first-order valence-corrected chi connectivity index (χ1v) is 7.34. The van der Waals surface area contributed by atoms with Crippen molar-refractivity contribution in [2.45, 2.75) is 12.3 Å². The van der Waals surface area contributed by atoms with Crippen LogP contribution < -0.4 is 4.74 Å². The normalized spacial score (nSPS) is 11.9. The molecule has 0 bridgehead atoms. The van der Waals surface area contributed by atoms with Gasteiger partial charge < -0.3 is 4.74 Å². The Hall–Kier alpha value is -1.92. The highest BCUT2D eigenvalue weighted by Crippen LogP contribution is 2.36. The molecule has 0 radical (unpaired) electrons. The van der Waals surface area contributed by atoms with E-state index >= 15 is 0 Å². The smallest absolute Gasteiger partial charge is 0.364 e. The molecule has 0 unspecified atom stereocenters. The second kappa shape index (κ2) is 5.62. The van der Waals surface area contributed by atoms with Crippen molar-refractivity contribution in [2.75, 3.05) is 7.11 Å². The van der Waals surface area contributed by atoms with Crippen molar-refractivity contribution in [1.29, 1.82) is 0 Å². The Morgan fingerprint density at radius 2 is 2.00 bits per heavy atom. The second-order valence-corrected chi connectivity index (χ2v) is 5.74. The molecule has 0 aliphatic carbocycles. The minimum absolute atomic E-state index is 0.125. The zero-order chi connectivity index (χ0) is 16.8. The molecule has 0 atom stereocenters. The summed E-state index contributed by atoms with van der Waals surface area (Å²) in [6, 6.07) is 8.09. The van der Waals surface area contributed by atoms with E-state index in [-0.39, 0.29) is 10.7 Å². The van der Waals surface area contributed by atoms with Gasteiger partial charge >= 0.3 is 5.38 Å². The lowest BCUT2D eigenvalue weighted by molar-refractivity contribution is 0.0872. The molecular formula is C15H11Cl2F2N3O. The van der Waals surface area contributed by atoms with Crippen LogP contribution in [0.1, 0.15) is 11.4 Å². The van der Waals surface area contributed by atoms with Crippen molar-refractivity contribution >= 4 is 28.8 Å². The van der Waals surface area contributed by atoms with E-state index in [2.05, 4.69) is 10.1 Å². The van der Waals surface area contributed by atoms with Crippen molar-refractivity contribution in [3.8, 4) is 17.0 Å². The molecule has 3 rings (SSSR count). The molecule has 2 aromatic heterocycles. The van der Waals surface area contributed by atoms with Gasteiger partial charge in [-0.25, -0.2) is 9.50 Å². The average molecular weight is 358 g/mol. The summed E-state index contributed by atoms with van der Waals surface area (Å²) in [5.41, 5.74) is 0.915. The molecule has 0 amide bonds. The monoisotopic (exact) mass is 357 g/mol. The quantitative estimate of drug-likeness (QED) is 0.640. The number of fused-ring (bicyclic) bond motifs is 1. The zero-order valence-electron chi connectivity index (χ0n) is 12.1. The number of alkyl halides is 3. The Balaban J connectivity index is 2.32. The fraction of sp³-hybridized carbons (Fsp3) is 0.200. The number of aromatic nitrogens is 3. The van der Waals surface area contributed by atoms with Crippen LogP contribution in [0, 0.1) is 6.92 Å². The first-order valence-electron chi connectivity index (χ1n) is 6.59. The number of nitrogens with zero attached hydrogens (tertiary/aromatic N) is 3. The highest BCUT2D eigenvalue weighted by atomic mass is 35.5. The number of hydrogen-bond donors (Lipinski definition) is 0. The largest absolute Gasteiger partial charge is 0.497 e. The minimum atomic E-state index is -3.61. The predicted molar refractivity (Wildman–Crippen MR) is 84.5 cm³/mol. The molecule has 3 aromatic rings. The summed E-state index contributed by atoms with van der Waals surface area (Å²) in [5.74, 6) is 0.583. The summed E-state index contributed by atoms with van der Waals surface area (Å²) >= 11 is 11.4. The first kappa shape index (κ1) is 16.0. The van der Waals surface area contributed by atoms with E-state index in [1.54, 1.807) is 31.2 Å². The standard InChI is InChI=1S/C15H11Cl2F2N3O/c1-8-13(16)14-20-11(9-4-3-5-10(6-9)23-2)7-12(15(17,18)19)22(14)21-8/h3-7H,1-2H3. The predicted octanol–water partition coefficient (Wildman–Crippen LogP) is 4.65. The SMILES string of the molecule is COc1cccc(-c2cc(C(F)(F)Cl)n3nc(C)c(Cl)c3n2)c1. The minimum Gasteiger partial charge on any atom is -0.497 e. The molecule has 0 saturated carbocycles. The fourth-order valence-corrected chi connectivity index (χ4v) is 2.52. The van der Waals surface area contributed by atoms with Crippen LogP contribution in [-0.2, 0) is 5.38 Å². The Morgan fingerprint density at radius 1 is 1.26 bits per heavy atom. The van der Waals surface area contributed by atoms with Crippen LogP contribution in [0.3, 0.4) is 0 Å². The molecule has 2 heterocycles. The molecule has 0 aliphatic rings. The van der Waals surface area contributed by atoms with E-state index in [0.29, 0.717) is 22.7 Å². The number of ether oxygens (including phenoxy) is 1. The van der Waals surface area contributed by atoms with E-state index in [9.17, 15) is 8.78 Å². The van der Waals surface area contributed by atoms with Crippen LogP contribution in [0.15, 0.2) is 30.3 Å². The Kier molecular flexibility index (Phi) is 3.90. The third-order valence-electron chi connectivity index (χ3n) is 3.35. The second-order valence-electron chi connectivity index (χ2n) is 4.89. The summed E-state index contributed by atoms with van der Waals surface area (Å²) in [4.78, 5) is 4.34. The molecule has 0 saturated heterocycles. The van der Waals surface area contributed by atoms with E-state index < -0.39 is 11.1 Å². The van der Waals surface area contributed by atoms with Crippen LogP contribution >= 0.6 is 23.2 Å². The number of methoxy groups -OCH3 is 1. The van der Waals surface area contributed by atoms with Gasteiger partial charge in [0.1, 0.15) is 16.5 Å². The third-order valence-corrected chi connectivity index (χ3v) is 3.98. The maximum atomic E-state index is 13.8. The third kappa shape index (κ3) is 2.84. The van der Waals surface area contributed by atoms with Gasteiger partial charge in [0.2, 0.25) is 0 Å². The number of hydrogen-bond acceptors (Lipinski definition) is 3. The molecule has 120 valence electrons. The summed E-state index contributed by atoms with van der Waals surface area (Å²) in [5, 5.41) is 0.572. The van der Waals surface area contributed by atoms with E-state index in [1.807, 2.05) is 0 Å². The van der Waals surface area contributed by atoms with Crippen molar-refractivity contribution in [1.82, 2.24) is 14.6 Å². The first-order chi connectivity index (χ1) is 10.8. The van der Waals surface area contributed by atoms with Gasteiger partial charge in [0, 0.05) is 5.56 Å². The molecule has 8 heteroatoms. The van der Waals surface area contributed by atoms with Crippen molar-refractivity contribution in [3.63, 3.8) is 0 Å². The summed E-state index contributed by atoms with van der Waals surface area (Å²) < 4.78 is 33.7. The van der Waals surface area contributed by atoms with Crippen molar-refractivity contribution in [2.24, 2.45) is 0 Å². The highest BCUT2D eigenvalue weighted by Gasteiger charge is 2.33. The molecular weight excluding hydrogens is 347 g/mol. The fourth-order valence-electron chi connectivity index (χ4n) is 2.23. The lowest BCUT2D eigenvalue weighted by Crippen LogP contribution is -2.12. The van der Waals surface area contributed by atoms with Crippen LogP contribution in [0.25, 0.3) is 16.9 Å². The topological polar surface area (TPSA) is 39.4 Å². The van der Waals surface area contributed by atoms with Gasteiger partial charge in [-0.15, -0.1) is 0 Å². The number of halogens is 4.